The van der Waals surface area contributed by atoms with E-state index >= 15 is 0 Å². The van der Waals surface area contributed by atoms with Gasteiger partial charge in [0.15, 0.2) is 0 Å². The molecule has 1 saturated carbocycles. The lowest BCUT2D eigenvalue weighted by Crippen LogP contribution is -2.48. The molecule has 1 aromatic rings. The predicted molar refractivity (Wildman–Crippen MR) is 65.1 cm³/mol. The van der Waals surface area contributed by atoms with Gasteiger partial charge in [-0.25, -0.2) is 0 Å². The Morgan fingerprint density at radius 2 is 2.29 bits per heavy atom. The van der Waals surface area contributed by atoms with Crippen LogP contribution < -0.4 is 4.90 Å². The first kappa shape index (κ1) is 11.0. The molecule has 92 valence electrons. The number of hydrogen-bond donors (Lipinski definition) is 1. The molecular formula is C13H18N2O2. The van der Waals surface area contributed by atoms with E-state index in [4.69, 9.17) is 4.74 Å². The van der Waals surface area contributed by atoms with Crippen LogP contribution in [0, 0.1) is 6.92 Å². The summed E-state index contributed by atoms with van der Waals surface area (Å²) >= 11 is 0. The molecule has 3 rings (SSSR count). The summed E-state index contributed by atoms with van der Waals surface area (Å²) in [6.07, 6.45) is 3.60. The van der Waals surface area contributed by atoms with Crippen molar-refractivity contribution in [2.24, 2.45) is 0 Å². The van der Waals surface area contributed by atoms with Crippen LogP contribution in [0.5, 0.6) is 0 Å². The fourth-order valence-electron chi connectivity index (χ4n) is 2.31. The van der Waals surface area contributed by atoms with Crippen LogP contribution in [-0.4, -0.2) is 41.5 Å². The minimum absolute atomic E-state index is 0.0439. The second-order valence-corrected chi connectivity index (χ2v) is 5.07. The van der Waals surface area contributed by atoms with E-state index in [1.54, 1.807) is 0 Å². The molecule has 2 fully saturated rings. The highest BCUT2D eigenvalue weighted by Gasteiger charge is 2.50. The van der Waals surface area contributed by atoms with E-state index in [-0.39, 0.29) is 6.10 Å². The van der Waals surface area contributed by atoms with Gasteiger partial charge in [0.25, 0.3) is 0 Å². The second-order valence-electron chi connectivity index (χ2n) is 5.07. The first-order valence-corrected chi connectivity index (χ1v) is 6.19. The van der Waals surface area contributed by atoms with Crippen LogP contribution in [-0.2, 0) is 4.74 Å². The monoisotopic (exact) mass is 234 g/mol. The third-order valence-corrected chi connectivity index (χ3v) is 3.69. The fourth-order valence-corrected chi connectivity index (χ4v) is 2.31. The molecule has 17 heavy (non-hydrogen) atoms. The molecule has 1 aliphatic carbocycles. The number of anilines is 1. The molecule has 4 heteroatoms. The Morgan fingerprint density at radius 3 is 2.94 bits per heavy atom. The second kappa shape index (κ2) is 3.96. The Morgan fingerprint density at radius 1 is 1.47 bits per heavy atom. The number of ether oxygens (including phenoxy) is 1. The van der Waals surface area contributed by atoms with Crippen molar-refractivity contribution in [1.82, 2.24) is 4.98 Å². The van der Waals surface area contributed by atoms with E-state index in [9.17, 15) is 5.11 Å². The van der Waals surface area contributed by atoms with Crippen LogP contribution in [0.25, 0.3) is 0 Å². The van der Waals surface area contributed by atoms with Crippen molar-refractivity contribution < 1.29 is 9.84 Å². The van der Waals surface area contributed by atoms with E-state index in [0.717, 1.165) is 37.3 Å². The molecule has 1 atom stereocenters. The van der Waals surface area contributed by atoms with E-state index in [0.29, 0.717) is 6.61 Å². The van der Waals surface area contributed by atoms with Gasteiger partial charge in [0.2, 0.25) is 0 Å². The lowest BCUT2D eigenvalue weighted by molar-refractivity contribution is -0.0586. The molecule has 0 amide bonds. The van der Waals surface area contributed by atoms with Gasteiger partial charge in [0.05, 0.1) is 24.1 Å². The van der Waals surface area contributed by atoms with Gasteiger partial charge in [-0.1, -0.05) is 0 Å². The predicted octanol–water partition coefficient (Wildman–Crippen LogP) is 1.12. The number of morpholine rings is 1. The summed E-state index contributed by atoms with van der Waals surface area (Å²) in [5.74, 6) is 0. The zero-order valence-corrected chi connectivity index (χ0v) is 10.1. The largest absolute Gasteiger partial charge is 0.387 e. The van der Waals surface area contributed by atoms with Crippen LogP contribution in [0.4, 0.5) is 5.69 Å². The number of pyridine rings is 1. The highest BCUT2D eigenvalue weighted by Crippen LogP contribution is 2.41. The van der Waals surface area contributed by atoms with Crippen molar-refractivity contribution in [2.75, 3.05) is 24.6 Å². The van der Waals surface area contributed by atoms with E-state index < -0.39 is 5.60 Å². The van der Waals surface area contributed by atoms with Gasteiger partial charge >= 0.3 is 0 Å². The molecule has 1 aliphatic heterocycles. The number of nitrogens with zero attached hydrogens (tertiary/aromatic N) is 2. The minimum atomic E-state index is -0.559. The van der Waals surface area contributed by atoms with Gasteiger partial charge < -0.3 is 14.7 Å². The van der Waals surface area contributed by atoms with Gasteiger partial charge in [-0.3, -0.25) is 4.98 Å². The van der Waals surface area contributed by atoms with Gasteiger partial charge in [-0.15, -0.1) is 0 Å². The average molecular weight is 234 g/mol. The first-order chi connectivity index (χ1) is 8.17. The number of aromatic nitrogens is 1. The Kier molecular flexibility index (Phi) is 2.56. The maximum Gasteiger partial charge on any atom is 0.104 e. The van der Waals surface area contributed by atoms with Crippen LogP contribution in [0.15, 0.2) is 18.3 Å². The van der Waals surface area contributed by atoms with Crippen molar-refractivity contribution in [3.05, 3.63) is 24.0 Å². The van der Waals surface area contributed by atoms with Crippen molar-refractivity contribution in [2.45, 2.75) is 31.5 Å². The third kappa shape index (κ3) is 2.15. The number of rotatable bonds is 2. The van der Waals surface area contributed by atoms with Crippen LogP contribution in [0.2, 0.25) is 0 Å². The van der Waals surface area contributed by atoms with Crippen molar-refractivity contribution in [1.29, 1.82) is 0 Å². The summed E-state index contributed by atoms with van der Waals surface area (Å²) in [7, 11) is 0. The molecule has 2 aliphatic rings. The summed E-state index contributed by atoms with van der Waals surface area (Å²) in [6.45, 7) is 4.30. The molecule has 0 bridgehead atoms. The molecule has 1 aromatic heterocycles. The normalized spacial score (nSPS) is 26.9. The van der Waals surface area contributed by atoms with E-state index in [1.807, 2.05) is 19.2 Å². The number of aryl methyl sites for hydroxylation is 1. The van der Waals surface area contributed by atoms with E-state index in [1.165, 1.54) is 0 Å². The third-order valence-electron chi connectivity index (χ3n) is 3.69. The standard InChI is InChI=1S/C13H18N2O2/c1-10-2-3-11(8-14-10)15-6-7-17-12(9-15)13(16)4-5-13/h2-3,8,12,16H,4-7,9H2,1H3. The summed E-state index contributed by atoms with van der Waals surface area (Å²) < 4.78 is 5.67. The van der Waals surface area contributed by atoms with Gasteiger partial charge in [-0.2, -0.15) is 0 Å². The molecule has 1 saturated heterocycles. The lowest BCUT2D eigenvalue weighted by atomic mass is 10.1. The Balaban J connectivity index is 1.73. The van der Waals surface area contributed by atoms with Gasteiger partial charge in [0.1, 0.15) is 6.10 Å². The Bertz CT molecular complexity index is 400. The maximum atomic E-state index is 10.1. The molecule has 0 radical (unpaired) electrons. The first-order valence-electron chi connectivity index (χ1n) is 6.19. The Hall–Kier alpha value is -1.13. The molecule has 0 aromatic carbocycles. The average Bonchev–Trinajstić information content (AvgIpc) is 3.10. The fraction of sp³-hybridized carbons (Fsp3) is 0.615. The molecular weight excluding hydrogens is 216 g/mol. The van der Waals surface area contributed by atoms with Crippen molar-refractivity contribution in [3.63, 3.8) is 0 Å². The summed E-state index contributed by atoms with van der Waals surface area (Å²) in [4.78, 5) is 6.56. The molecule has 0 spiro atoms. The van der Waals surface area contributed by atoms with Gasteiger partial charge in [-0.05, 0) is 31.9 Å². The SMILES string of the molecule is Cc1ccc(N2CCOC(C3(O)CC3)C2)cn1. The maximum absolute atomic E-state index is 10.1. The van der Waals surface area contributed by atoms with Gasteiger partial charge in [0, 0.05) is 18.8 Å². The topological polar surface area (TPSA) is 45.6 Å². The van der Waals surface area contributed by atoms with Crippen molar-refractivity contribution in [3.8, 4) is 0 Å². The zero-order chi connectivity index (χ0) is 11.9. The smallest absolute Gasteiger partial charge is 0.104 e. The van der Waals surface area contributed by atoms with Crippen molar-refractivity contribution >= 4 is 5.69 Å². The molecule has 1 unspecified atom stereocenters. The number of hydrogen-bond acceptors (Lipinski definition) is 4. The lowest BCUT2D eigenvalue weighted by Gasteiger charge is -2.36. The Labute approximate surface area is 101 Å². The summed E-state index contributed by atoms with van der Waals surface area (Å²) in [5.41, 5.74) is 1.59. The quantitative estimate of drug-likeness (QED) is 0.833. The molecule has 2 heterocycles. The van der Waals surface area contributed by atoms with E-state index in [2.05, 4.69) is 16.0 Å². The molecule has 1 N–H and O–H groups in total. The number of aliphatic hydroxyl groups is 1. The summed E-state index contributed by atoms with van der Waals surface area (Å²) in [6, 6.07) is 4.10. The van der Waals surface area contributed by atoms with Crippen LogP contribution in [0.3, 0.4) is 0 Å². The zero-order valence-electron chi connectivity index (χ0n) is 10.1. The van der Waals surface area contributed by atoms with Crippen LogP contribution >= 0.6 is 0 Å². The molecule has 4 nitrogen and oxygen atoms in total. The minimum Gasteiger partial charge on any atom is -0.387 e. The van der Waals surface area contributed by atoms with Crippen LogP contribution in [0.1, 0.15) is 18.5 Å². The highest BCUT2D eigenvalue weighted by molar-refractivity contribution is 5.45. The summed E-state index contributed by atoms with van der Waals surface area (Å²) in [5, 5.41) is 10.1. The highest BCUT2D eigenvalue weighted by atomic mass is 16.5.